The molecule has 0 aliphatic carbocycles. The fraction of sp³-hybridized carbons (Fsp3) is 0.351. The third-order valence-corrected chi connectivity index (χ3v) is 8.94. The second-order valence-electron chi connectivity index (χ2n) is 12.7. The van der Waals surface area contributed by atoms with Crippen LogP contribution in [0.2, 0.25) is 0 Å². The summed E-state index contributed by atoms with van der Waals surface area (Å²) in [6.45, 7) is -1.33. The van der Waals surface area contributed by atoms with Crippen molar-refractivity contribution in [3.63, 3.8) is 0 Å². The van der Waals surface area contributed by atoms with E-state index in [2.05, 4.69) is 0 Å². The summed E-state index contributed by atoms with van der Waals surface area (Å²) >= 11 is 0. The van der Waals surface area contributed by atoms with Crippen LogP contribution in [0.5, 0.6) is 34.5 Å². The van der Waals surface area contributed by atoms with Gasteiger partial charge in [0.2, 0.25) is 18.3 Å². The molecule has 2 aliphatic rings. The van der Waals surface area contributed by atoms with Crippen molar-refractivity contribution in [2.45, 2.75) is 61.4 Å². The van der Waals surface area contributed by atoms with Crippen molar-refractivity contribution in [2.24, 2.45) is 0 Å². The molecule has 0 unspecified atom stereocenters. The fourth-order valence-electron chi connectivity index (χ4n) is 5.90. The molecule has 0 spiro atoms. The number of hydrogen-bond donors (Lipinski definition) is 10. The third kappa shape index (κ3) is 8.52. The summed E-state index contributed by atoms with van der Waals surface area (Å²) in [4.78, 5) is 12.5. The number of esters is 1. The molecule has 2 aliphatic heterocycles. The number of carbonyl (C=O) groups excluding carboxylic acids is 1. The van der Waals surface area contributed by atoms with Crippen LogP contribution >= 0.6 is 0 Å². The predicted octanol–water partition coefficient (Wildman–Crippen LogP) is 0.128. The van der Waals surface area contributed by atoms with Crippen molar-refractivity contribution in [3.8, 4) is 45.8 Å². The molecule has 2 fully saturated rings. The molecule has 10 N–H and O–H groups in total. The minimum Gasteiger partial charge on any atom is -0.508 e. The minimum atomic E-state index is -1.89. The molecule has 0 bridgehead atoms. The quantitative estimate of drug-likeness (QED) is 0.0551. The molecule has 18 heteroatoms. The SMILES string of the molecule is COc1cc(-c2[o+]c3cc(O)cc(O[C@@H]4O[C@H](CO)[C@@H](O)[C@H](O)[C@H]4O)c3cc2O[C@@H]2O[C@H](COC(=O)C=Cc3ccc(O)cc3)[C@@H](O)[C@H](O)[C@H]2O)ccc1O. The second kappa shape index (κ2) is 16.6. The number of ether oxygens (including phenoxy) is 6. The number of hydrogen-bond acceptors (Lipinski definition) is 17. The molecule has 0 saturated carbocycles. The highest BCUT2D eigenvalue weighted by Crippen LogP contribution is 2.43. The maximum Gasteiger partial charge on any atom is 0.402 e. The van der Waals surface area contributed by atoms with E-state index in [0.717, 1.165) is 12.1 Å². The van der Waals surface area contributed by atoms with Crippen LogP contribution in [0.3, 0.4) is 0 Å². The Balaban J connectivity index is 1.33. The lowest BCUT2D eigenvalue weighted by atomic mass is 9.99. The minimum absolute atomic E-state index is 0.0233. The van der Waals surface area contributed by atoms with E-state index in [1.807, 2.05) is 0 Å². The first-order valence-electron chi connectivity index (χ1n) is 16.8. The van der Waals surface area contributed by atoms with E-state index in [0.29, 0.717) is 5.56 Å². The Bertz CT molecular complexity index is 2000. The van der Waals surface area contributed by atoms with Gasteiger partial charge in [-0.15, -0.1) is 0 Å². The fourth-order valence-corrected chi connectivity index (χ4v) is 5.90. The van der Waals surface area contributed by atoms with E-state index in [-0.39, 0.29) is 51.0 Å². The van der Waals surface area contributed by atoms with Gasteiger partial charge in [-0.1, -0.05) is 12.1 Å². The van der Waals surface area contributed by atoms with Crippen LogP contribution in [0.25, 0.3) is 28.4 Å². The van der Waals surface area contributed by atoms with Gasteiger partial charge in [0.25, 0.3) is 0 Å². The molecule has 0 amide bonds. The summed E-state index contributed by atoms with van der Waals surface area (Å²) in [5, 5.41) is 104. The lowest BCUT2D eigenvalue weighted by molar-refractivity contribution is -0.278. The summed E-state index contributed by atoms with van der Waals surface area (Å²) in [7, 11) is 1.31. The van der Waals surface area contributed by atoms with Crippen molar-refractivity contribution in [1.29, 1.82) is 0 Å². The number of methoxy groups -OCH3 is 1. The molecule has 0 radical (unpaired) electrons. The Labute approximate surface area is 311 Å². The van der Waals surface area contributed by atoms with Gasteiger partial charge >= 0.3 is 17.3 Å². The Hall–Kier alpha value is -5.28. The molecule has 55 heavy (non-hydrogen) atoms. The van der Waals surface area contributed by atoms with Crippen LogP contribution in [-0.2, 0) is 19.0 Å². The Kier molecular flexibility index (Phi) is 11.9. The average Bonchev–Trinajstić information content (AvgIpc) is 3.17. The number of aromatic hydroxyl groups is 3. The highest BCUT2D eigenvalue weighted by atomic mass is 16.7. The van der Waals surface area contributed by atoms with E-state index in [1.165, 1.54) is 55.7 Å². The van der Waals surface area contributed by atoms with E-state index in [9.17, 15) is 55.9 Å². The molecule has 3 heterocycles. The van der Waals surface area contributed by atoms with Gasteiger partial charge < -0.3 is 79.5 Å². The van der Waals surface area contributed by atoms with E-state index in [4.69, 9.17) is 32.8 Å². The van der Waals surface area contributed by atoms with Gasteiger partial charge in [0.1, 0.15) is 78.1 Å². The molecular weight excluding hydrogens is 732 g/mol. The summed E-state index contributed by atoms with van der Waals surface area (Å²) in [5.74, 6) is -1.93. The van der Waals surface area contributed by atoms with Gasteiger partial charge in [0.15, 0.2) is 11.5 Å². The van der Waals surface area contributed by atoms with Gasteiger partial charge in [-0.2, -0.15) is 0 Å². The molecular formula is C37H39O18+. The van der Waals surface area contributed by atoms with Crippen molar-refractivity contribution in [2.75, 3.05) is 20.3 Å². The Morgan fingerprint density at radius 2 is 1.36 bits per heavy atom. The van der Waals surface area contributed by atoms with E-state index in [1.54, 1.807) is 12.1 Å². The lowest BCUT2D eigenvalue weighted by Gasteiger charge is -2.39. The number of rotatable bonds is 11. The van der Waals surface area contributed by atoms with Crippen LogP contribution in [-0.4, -0.2) is 139 Å². The standard InChI is InChI=1S/C37H38O18/c1-49-24-10-17(5-8-21(24)41)35-25(13-20-22(51-35)11-19(40)12-23(20)52-36-33(47)31(45)29(43)26(14-38)54-36)53-37-34(48)32(46)30(44)27(55-37)15-50-28(42)9-4-16-2-6-18(39)7-3-16/h2-13,26-27,29-34,36-38,43-48H,14-15H2,1H3,(H2-,39,40,41,42)/p+1/t26-,27-,29-,30-,31+,32+,33-,34-,36-,37-/m1/s1. The first-order valence-corrected chi connectivity index (χ1v) is 16.8. The number of aliphatic hydroxyl groups excluding tert-OH is 7. The lowest BCUT2D eigenvalue weighted by Crippen LogP contribution is -2.60. The summed E-state index contributed by atoms with van der Waals surface area (Å²) in [6, 6.07) is 13.7. The van der Waals surface area contributed by atoms with Crippen LogP contribution in [0.4, 0.5) is 0 Å². The van der Waals surface area contributed by atoms with Crippen LogP contribution in [0, 0.1) is 0 Å². The number of fused-ring (bicyclic) bond motifs is 1. The zero-order chi connectivity index (χ0) is 39.6. The molecule has 10 atom stereocenters. The summed E-state index contributed by atoms with van der Waals surface area (Å²) in [5.41, 5.74) is 0.748. The van der Waals surface area contributed by atoms with Crippen LogP contribution in [0.1, 0.15) is 5.56 Å². The zero-order valence-electron chi connectivity index (χ0n) is 28.9. The van der Waals surface area contributed by atoms with Crippen molar-refractivity contribution in [1.82, 2.24) is 0 Å². The summed E-state index contributed by atoms with van der Waals surface area (Å²) in [6.07, 6.45) is -14.4. The first kappa shape index (κ1) is 39.4. The number of benzene rings is 3. The zero-order valence-corrected chi connectivity index (χ0v) is 28.9. The van der Waals surface area contributed by atoms with E-state index >= 15 is 0 Å². The Morgan fingerprint density at radius 1 is 0.727 bits per heavy atom. The van der Waals surface area contributed by atoms with Gasteiger partial charge in [0.05, 0.1) is 25.3 Å². The van der Waals surface area contributed by atoms with Gasteiger partial charge in [0, 0.05) is 24.3 Å². The predicted molar refractivity (Wildman–Crippen MR) is 186 cm³/mol. The molecule has 4 aromatic rings. The van der Waals surface area contributed by atoms with Gasteiger partial charge in [-0.05, 0) is 35.9 Å². The number of phenolic OH excluding ortho intramolecular Hbond substituents is 3. The topological polar surface area (TPSA) is 286 Å². The van der Waals surface area contributed by atoms with Gasteiger partial charge in [-0.25, -0.2) is 9.21 Å². The first-order chi connectivity index (χ1) is 26.3. The monoisotopic (exact) mass is 771 g/mol. The summed E-state index contributed by atoms with van der Waals surface area (Å²) < 4.78 is 39.8. The second-order valence-corrected chi connectivity index (χ2v) is 12.7. The normalized spacial score (nSPS) is 28.2. The Morgan fingerprint density at radius 3 is 2.02 bits per heavy atom. The molecule has 18 nitrogen and oxygen atoms in total. The number of aliphatic hydroxyl groups is 7. The van der Waals surface area contributed by atoms with Crippen molar-refractivity contribution < 1.29 is 88.7 Å². The number of carbonyl (C=O) groups is 1. The largest absolute Gasteiger partial charge is 0.508 e. The van der Waals surface area contributed by atoms with Gasteiger partial charge in [-0.3, -0.25) is 0 Å². The van der Waals surface area contributed by atoms with Crippen LogP contribution < -0.4 is 14.2 Å². The molecule has 2 saturated heterocycles. The molecule has 294 valence electrons. The number of phenols is 3. The average molecular weight is 772 g/mol. The van der Waals surface area contributed by atoms with Crippen molar-refractivity contribution in [3.05, 3.63) is 72.3 Å². The maximum atomic E-state index is 12.5. The third-order valence-electron chi connectivity index (χ3n) is 8.94. The smallest absolute Gasteiger partial charge is 0.402 e. The van der Waals surface area contributed by atoms with Crippen molar-refractivity contribution >= 4 is 23.0 Å². The molecule has 1 aromatic heterocycles. The maximum absolute atomic E-state index is 12.5. The highest BCUT2D eigenvalue weighted by Gasteiger charge is 2.47. The van der Waals surface area contributed by atoms with Crippen LogP contribution in [0.15, 0.2) is 71.2 Å². The van der Waals surface area contributed by atoms with E-state index < -0.39 is 86.3 Å². The molecule has 6 rings (SSSR count). The highest BCUT2D eigenvalue weighted by molar-refractivity contribution is 5.89. The molecule has 3 aromatic carbocycles.